The molecular formula is C11H15N3O3S. The van der Waals surface area contributed by atoms with Gasteiger partial charge in [-0.15, -0.1) is 11.3 Å². The maximum Gasteiger partial charge on any atom is 0.270 e. The van der Waals surface area contributed by atoms with Crippen molar-refractivity contribution in [3.8, 4) is 10.8 Å². The molecule has 2 aromatic heterocycles. The summed E-state index contributed by atoms with van der Waals surface area (Å²) in [6, 6.07) is 1.82. The van der Waals surface area contributed by atoms with Gasteiger partial charge in [-0.25, -0.2) is 0 Å². The molecule has 0 aromatic carbocycles. The average Bonchev–Trinajstić information content (AvgIpc) is 2.97. The normalized spacial score (nSPS) is 10.9. The van der Waals surface area contributed by atoms with Gasteiger partial charge in [0.05, 0.1) is 25.5 Å². The summed E-state index contributed by atoms with van der Waals surface area (Å²) < 4.78 is 15.4. The SMILES string of the molecule is COCCOCCc1noc(-c2sccc2N)n1. The van der Waals surface area contributed by atoms with E-state index in [2.05, 4.69) is 10.1 Å². The Balaban J connectivity index is 1.85. The number of ether oxygens (including phenoxy) is 2. The largest absolute Gasteiger partial charge is 0.397 e. The van der Waals surface area contributed by atoms with E-state index in [-0.39, 0.29) is 0 Å². The minimum Gasteiger partial charge on any atom is -0.397 e. The second-order valence-corrected chi connectivity index (χ2v) is 4.49. The van der Waals surface area contributed by atoms with Crippen LogP contribution in [0.15, 0.2) is 16.0 Å². The van der Waals surface area contributed by atoms with Crippen LogP contribution in [0.4, 0.5) is 5.69 Å². The number of aromatic nitrogens is 2. The maximum atomic E-state index is 5.78. The predicted molar refractivity (Wildman–Crippen MR) is 68.4 cm³/mol. The van der Waals surface area contributed by atoms with Crippen molar-refractivity contribution in [2.75, 3.05) is 32.7 Å². The van der Waals surface area contributed by atoms with Gasteiger partial charge in [0.25, 0.3) is 5.89 Å². The van der Waals surface area contributed by atoms with Crippen LogP contribution in [0.2, 0.25) is 0 Å². The molecule has 6 nitrogen and oxygen atoms in total. The molecule has 7 heteroatoms. The van der Waals surface area contributed by atoms with Crippen molar-refractivity contribution in [1.82, 2.24) is 10.1 Å². The van der Waals surface area contributed by atoms with E-state index < -0.39 is 0 Å². The van der Waals surface area contributed by atoms with Crippen LogP contribution in [-0.4, -0.2) is 37.1 Å². The lowest BCUT2D eigenvalue weighted by atomic mass is 10.4. The molecule has 98 valence electrons. The van der Waals surface area contributed by atoms with Crippen molar-refractivity contribution < 1.29 is 14.0 Å². The summed E-state index contributed by atoms with van der Waals surface area (Å²) in [5.41, 5.74) is 6.44. The fraction of sp³-hybridized carbons (Fsp3) is 0.455. The fourth-order valence-electron chi connectivity index (χ4n) is 1.35. The Hall–Kier alpha value is -1.44. The summed E-state index contributed by atoms with van der Waals surface area (Å²) in [5, 5.41) is 5.78. The lowest BCUT2D eigenvalue weighted by Gasteiger charge is -1.99. The van der Waals surface area contributed by atoms with E-state index in [1.807, 2.05) is 11.4 Å². The first-order valence-corrected chi connectivity index (χ1v) is 6.42. The van der Waals surface area contributed by atoms with Gasteiger partial charge in [-0.05, 0) is 11.4 Å². The molecule has 2 rings (SSSR count). The highest BCUT2D eigenvalue weighted by molar-refractivity contribution is 7.14. The predicted octanol–water partition coefficient (Wildman–Crippen LogP) is 1.59. The molecule has 0 spiro atoms. The summed E-state index contributed by atoms with van der Waals surface area (Å²) in [7, 11) is 1.64. The number of methoxy groups -OCH3 is 1. The van der Waals surface area contributed by atoms with Crippen LogP contribution in [-0.2, 0) is 15.9 Å². The van der Waals surface area contributed by atoms with Gasteiger partial charge in [0.15, 0.2) is 5.82 Å². The van der Waals surface area contributed by atoms with E-state index in [4.69, 9.17) is 19.7 Å². The van der Waals surface area contributed by atoms with E-state index >= 15 is 0 Å². The molecular weight excluding hydrogens is 254 g/mol. The van der Waals surface area contributed by atoms with Crippen molar-refractivity contribution in [2.45, 2.75) is 6.42 Å². The third-order valence-corrected chi connectivity index (χ3v) is 3.18. The van der Waals surface area contributed by atoms with Crippen LogP contribution in [0.3, 0.4) is 0 Å². The van der Waals surface area contributed by atoms with Gasteiger partial charge in [-0.1, -0.05) is 5.16 Å². The zero-order valence-corrected chi connectivity index (χ0v) is 10.9. The quantitative estimate of drug-likeness (QED) is 0.768. The maximum absolute atomic E-state index is 5.78. The standard InChI is InChI=1S/C11H15N3O3S/c1-15-5-6-16-4-2-9-13-11(17-14-9)10-8(12)3-7-18-10/h3,7H,2,4-6,12H2,1H3. The highest BCUT2D eigenvalue weighted by atomic mass is 32.1. The summed E-state index contributed by atoms with van der Waals surface area (Å²) in [6.45, 7) is 1.70. The van der Waals surface area contributed by atoms with Crippen LogP contribution in [0, 0.1) is 0 Å². The van der Waals surface area contributed by atoms with Crippen molar-refractivity contribution in [2.24, 2.45) is 0 Å². The first-order chi connectivity index (χ1) is 8.81. The molecule has 2 N–H and O–H groups in total. The second-order valence-electron chi connectivity index (χ2n) is 3.58. The van der Waals surface area contributed by atoms with Crippen molar-refractivity contribution in [3.05, 3.63) is 17.3 Å². The Labute approximate surface area is 109 Å². The zero-order valence-electron chi connectivity index (χ0n) is 10.1. The minimum absolute atomic E-state index is 0.467. The van der Waals surface area contributed by atoms with Crippen LogP contribution < -0.4 is 5.73 Å². The Morgan fingerprint density at radius 3 is 3.00 bits per heavy atom. The summed E-state index contributed by atoms with van der Waals surface area (Å²) >= 11 is 1.48. The number of rotatable bonds is 7. The van der Waals surface area contributed by atoms with Gasteiger partial charge >= 0.3 is 0 Å². The lowest BCUT2D eigenvalue weighted by molar-refractivity contribution is 0.0714. The first kappa shape index (κ1) is 13.0. The highest BCUT2D eigenvalue weighted by Gasteiger charge is 2.12. The van der Waals surface area contributed by atoms with E-state index in [0.29, 0.717) is 43.6 Å². The molecule has 0 bridgehead atoms. The lowest BCUT2D eigenvalue weighted by Crippen LogP contribution is -2.05. The molecule has 0 saturated heterocycles. The van der Waals surface area contributed by atoms with Crippen LogP contribution in [0.5, 0.6) is 0 Å². The number of anilines is 1. The number of hydrogen-bond acceptors (Lipinski definition) is 7. The monoisotopic (exact) mass is 269 g/mol. The Morgan fingerprint density at radius 1 is 1.39 bits per heavy atom. The average molecular weight is 269 g/mol. The number of nitrogens with zero attached hydrogens (tertiary/aromatic N) is 2. The Bertz CT molecular complexity index is 483. The molecule has 0 amide bonds. The number of thiophene rings is 1. The fourth-order valence-corrected chi connectivity index (χ4v) is 2.09. The number of nitrogens with two attached hydrogens (primary N) is 1. The summed E-state index contributed by atoms with van der Waals surface area (Å²) in [4.78, 5) is 5.09. The van der Waals surface area contributed by atoms with E-state index in [9.17, 15) is 0 Å². The highest BCUT2D eigenvalue weighted by Crippen LogP contribution is 2.29. The van der Waals surface area contributed by atoms with E-state index in [1.54, 1.807) is 7.11 Å². The van der Waals surface area contributed by atoms with Gasteiger partial charge in [0.2, 0.25) is 0 Å². The molecule has 0 aliphatic carbocycles. The van der Waals surface area contributed by atoms with E-state index in [0.717, 1.165) is 4.88 Å². The van der Waals surface area contributed by atoms with Gasteiger partial charge in [0.1, 0.15) is 4.88 Å². The van der Waals surface area contributed by atoms with Gasteiger partial charge in [-0.2, -0.15) is 4.98 Å². The molecule has 0 unspecified atom stereocenters. The molecule has 2 aromatic rings. The topological polar surface area (TPSA) is 83.4 Å². The summed E-state index contributed by atoms with van der Waals surface area (Å²) in [5.74, 6) is 1.09. The summed E-state index contributed by atoms with van der Waals surface area (Å²) in [6.07, 6.45) is 0.610. The van der Waals surface area contributed by atoms with Crippen LogP contribution >= 0.6 is 11.3 Å². The van der Waals surface area contributed by atoms with Crippen molar-refractivity contribution in [3.63, 3.8) is 0 Å². The van der Waals surface area contributed by atoms with Crippen molar-refractivity contribution >= 4 is 17.0 Å². The first-order valence-electron chi connectivity index (χ1n) is 5.54. The molecule has 0 radical (unpaired) electrons. The van der Waals surface area contributed by atoms with Gasteiger partial charge in [-0.3, -0.25) is 0 Å². The van der Waals surface area contributed by atoms with Gasteiger partial charge in [0, 0.05) is 13.5 Å². The van der Waals surface area contributed by atoms with E-state index in [1.165, 1.54) is 11.3 Å². The molecule has 18 heavy (non-hydrogen) atoms. The van der Waals surface area contributed by atoms with Crippen LogP contribution in [0.1, 0.15) is 5.82 Å². The molecule has 0 aliphatic heterocycles. The zero-order chi connectivity index (χ0) is 12.8. The second kappa shape index (κ2) is 6.48. The molecule has 0 atom stereocenters. The minimum atomic E-state index is 0.467. The Kier molecular flexibility index (Phi) is 4.68. The third kappa shape index (κ3) is 3.28. The molecule has 0 fully saturated rings. The molecule has 0 saturated carbocycles. The smallest absolute Gasteiger partial charge is 0.270 e. The Morgan fingerprint density at radius 2 is 2.28 bits per heavy atom. The molecule has 0 aliphatic rings. The van der Waals surface area contributed by atoms with Gasteiger partial charge < -0.3 is 19.7 Å². The molecule has 2 heterocycles. The van der Waals surface area contributed by atoms with Crippen LogP contribution in [0.25, 0.3) is 10.8 Å². The number of nitrogen functional groups attached to an aromatic ring is 1. The van der Waals surface area contributed by atoms with Crippen molar-refractivity contribution in [1.29, 1.82) is 0 Å². The third-order valence-electron chi connectivity index (χ3n) is 2.26. The number of hydrogen-bond donors (Lipinski definition) is 1.